The van der Waals surface area contributed by atoms with Gasteiger partial charge in [0.25, 0.3) is 5.91 Å². The fourth-order valence-corrected chi connectivity index (χ4v) is 3.82. The van der Waals surface area contributed by atoms with Crippen molar-refractivity contribution in [3.05, 3.63) is 89.5 Å². The fourth-order valence-electron chi connectivity index (χ4n) is 2.93. The van der Waals surface area contributed by atoms with Gasteiger partial charge in [0, 0.05) is 5.69 Å². The third-order valence-electron chi connectivity index (χ3n) is 4.61. The molecule has 0 unspecified atom stereocenters. The Morgan fingerprint density at radius 3 is 2.22 bits per heavy atom. The molecule has 3 aromatic rings. The lowest BCUT2D eigenvalue weighted by molar-refractivity contribution is -0.118. The van der Waals surface area contributed by atoms with Gasteiger partial charge >= 0.3 is 0 Å². The summed E-state index contributed by atoms with van der Waals surface area (Å²) in [7, 11) is -3.60. The molecule has 1 amide bonds. The van der Waals surface area contributed by atoms with Crippen molar-refractivity contribution >= 4 is 27.3 Å². The van der Waals surface area contributed by atoms with E-state index in [0.717, 1.165) is 6.26 Å². The van der Waals surface area contributed by atoms with E-state index in [2.05, 4.69) is 5.32 Å². The highest BCUT2D eigenvalue weighted by molar-refractivity contribution is 7.92. The first-order valence-electron chi connectivity index (χ1n) is 9.63. The van der Waals surface area contributed by atoms with Gasteiger partial charge in [-0.2, -0.15) is 0 Å². The van der Waals surface area contributed by atoms with E-state index >= 15 is 0 Å². The molecule has 0 aliphatic carbocycles. The van der Waals surface area contributed by atoms with Gasteiger partial charge in [-0.05, 0) is 66.6 Å². The van der Waals surface area contributed by atoms with Gasteiger partial charge < -0.3 is 10.1 Å². The van der Waals surface area contributed by atoms with Gasteiger partial charge in [-0.15, -0.1) is 0 Å². The van der Waals surface area contributed by atoms with Crippen LogP contribution in [-0.2, 0) is 21.4 Å². The van der Waals surface area contributed by atoms with Crippen molar-refractivity contribution < 1.29 is 26.7 Å². The average Bonchev–Trinajstić information content (AvgIpc) is 2.74. The number of hydrogen-bond donors (Lipinski definition) is 1. The number of halogens is 2. The van der Waals surface area contributed by atoms with Crippen LogP contribution in [0.2, 0.25) is 0 Å². The standard InChI is InChI=1S/C23H22F2N2O4S/c1-16-3-6-19(25)13-22(16)26-23(28)15-31-21-11-9-20(10-12-21)27(32(2,29)30)14-17-4-7-18(24)8-5-17/h3-13H,14-15H2,1-2H3,(H,26,28). The number of ether oxygens (including phenoxy) is 1. The zero-order valence-electron chi connectivity index (χ0n) is 17.5. The number of carbonyl (C=O) groups is 1. The molecule has 0 aromatic heterocycles. The Balaban J connectivity index is 1.65. The highest BCUT2D eigenvalue weighted by Gasteiger charge is 2.18. The minimum atomic E-state index is -3.60. The van der Waals surface area contributed by atoms with Gasteiger partial charge in [-0.3, -0.25) is 9.10 Å². The molecule has 0 aliphatic rings. The van der Waals surface area contributed by atoms with Crippen LogP contribution in [0.15, 0.2) is 66.7 Å². The van der Waals surface area contributed by atoms with Crippen LogP contribution in [0.3, 0.4) is 0 Å². The molecule has 0 atom stereocenters. The maximum atomic E-state index is 13.3. The molecule has 32 heavy (non-hydrogen) atoms. The number of anilines is 2. The summed E-state index contributed by atoms with van der Waals surface area (Å²) in [6.07, 6.45) is 1.08. The topological polar surface area (TPSA) is 75.7 Å². The van der Waals surface area contributed by atoms with Crippen LogP contribution in [0.1, 0.15) is 11.1 Å². The summed E-state index contributed by atoms with van der Waals surface area (Å²) in [6, 6.07) is 15.8. The second kappa shape index (κ2) is 9.78. The molecule has 0 radical (unpaired) electrons. The van der Waals surface area contributed by atoms with E-state index in [4.69, 9.17) is 4.74 Å². The van der Waals surface area contributed by atoms with E-state index in [9.17, 15) is 22.0 Å². The smallest absolute Gasteiger partial charge is 0.262 e. The summed E-state index contributed by atoms with van der Waals surface area (Å²) < 4.78 is 57.6. The number of benzene rings is 3. The molecule has 0 bridgehead atoms. The summed E-state index contributed by atoms with van der Waals surface area (Å²) in [5, 5.41) is 2.58. The highest BCUT2D eigenvalue weighted by Crippen LogP contribution is 2.24. The second-order valence-corrected chi connectivity index (χ2v) is 9.09. The molecule has 0 spiro atoms. The summed E-state index contributed by atoms with van der Waals surface area (Å²) >= 11 is 0. The largest absolute Gasteiger partial charge is 0.484 e. The minimum absolute atomic E-state index is 0.0364. The van der Waals surface area contributed by atoms with Gasteiger partial charge in [-0.25, -0.2) is 17.2 Å². The quantitative estimate of drug-likeness (QED) is 0.545. The van der Waals surface area contributed by atoms with E-state index < -0.39 is 27.6 Å². The summed E-state index contributed by atoms with van der Waals surface area (Å²) in [5.74, 6) is -0.969. The maximum absolute atomic E-state index is 13.3. The normalized spacial score (nSPS) is 11.1. The van der Waals surface area contributed by atoms with Crippen molar-refractivity contribution in [3.8, 4) is 5.75 Å². The number of aryl methyl sites for hydroxylation is 1. The molecule has 0 aliphatic heterocycles. The van der Waals surface area contributed by atoms with E-state index in [0.29, 0.717) is 28.3 Å². The zero-order valence-corrected chi connectivity index (χ0v) is 18.3. The number of hydrogen-bond acceptors (Lipinski definition) is 4. The van der Waals surface area contributed by atoms with Crippen LogP contribution < -0.4 is 14.4 Å². The molecular weight excluding hydrogens is 438 g/mol. The Morgan fingerprint density at radius 1 is 0.969 bits per heavy atom. The average molecular weight is 461 g/mol. The Morgan fingerprint density at radius 2 is 1.59 bits per heavy atom. The molecule has 0 fully saturated rings. The van der Waals surface area contributed by atoms with Gasteiger partial charge in [-0.1, -0.05) is 18.2 Å². The first-order valence-corrected chi connectivity index (χ1v) is 11.5. The Labute approximate surface area is 185 Å². The molecule has 3 aromatic carbocycles. The molecule has 1 N–H and O–H groups in total. The lowest BCUT2D eigenvalue weighted by atomic mass is 10.2. The first-order chi connectivity index (χ1) is 15.1. The lowest BCUT2D eigenvalue weighted by Gasteiger charge is -2.22. The lowest BCUT2D eigenvalue weighted by Crippen LogP contribution is -2.29. The number of carbonyl (C=O) groups excluding carboxylic acids is 1. The first kappa shape index (κ1) is 23.2. The molecule has 3 rings (SSSR count). The number of nitrogens with zero attached hydrogens (tertiary/aromatic N) is 1. The molecule has 168 valence electrons. The second-order valence-electron chi connectivity index (χ2n) is 7.19. The van der Waals surface area contributed by atoms with Crippen molar-refractivity contribution in [2.45, 2.75) is 13.5 Å². The summed E-state index contributed by atoms with van der Waals surface area (Å²) in [5.41, 5.74) is 2.09. The predicted octanol–water partition coefficient (Wildman–Crippen LogP) is 4.26. The van der Waals surface area contributed by atoms with Crippen LogP contribution >= 0.6 is 0 Å². The Bertz CT molecular complexity index is 1200. The number of rotatable bonds is 8. The van der Waals surface area contributed by atoms with E-state index in [1.54, 1.807) is 37.3 Å². The number of nitrogens with one attached hydrogen (secondary N) is 1. The number of sulfonamides is 1. The van der Waals surface area contributed by atoms with Crippen LogP contribution in [0.25, 0.3) is 0 Å². The van der Waals surface area contributed by atoms with Crippen molar-refractivity contribution in [3.63, 3.8) is 0 Å². The molecule has 0 saturated carbocycles. The zero-order chi connectivity index (χ0) is 23.3. The van der Waals surface area contributed by atoms with Gasteiger partial charge in [0.15, 0.2) is 6.61 Å². The SMILES string of the molecule is Cc1ccc(F)cc1NC(=O)COc1ccc(N(Cc2ccc(F)cc2)S(C)(=O)=O)cc1. The molecule has 6 nitrogen and oxygen atoms in total. The summed E-state index contributed by atoms with van der Waals surface area (Å²) in [6.45, 7) is 1.48. The van der Waals surface area contributed by atoms with Gasteiger partial charge in [0.2, 0.25) is 10.0 Å². The fraction of sp³-hybridized carbons (Fsp3) is 0.174. The van der Waals surface area contributed by atoms with Gasteiger partial charge in [0.05, 0.1) is 18.5 Å². The number of amides is 1. The minimum Gasteiger partial charge on any atom is -0.484 e. The molecule has 9 heteroatoms. The van der Waals surface area contributed by atoms with E-state index in [-0.39, 0.29) is 13.2 Å². The Hall–Kier alpha value is -3.46. The third kappa shape index (κ3) is 6.27. The van der Waals surface area contributed by atoms with Crippen molar-refractivity contribution in [1.29, 1.82) is 0 Å². The molecule has 0 saturated heterocycles. The van der Waals surface area contributed by atoms with Crippen LogP contribution in [0.4, 0.5) is 20.2 Å². The van der Waals surface area contributed by atoms with E-state index in [1.165, 1.54) is 40.7 Å². The van der Waals surface area contributed by atoms with Crippen molar-refractivity contribution in [1.82, 2.24) is 0 Å². The molecule has 0 heterocycles. The summed E-state index contributed by atoms with van der Waals surface area (Å²) in [4.78, 5) is 12.1. The van der Waals surface area contributed by atoms with Crippen molar-refractivity contribution in [2.24, 2.45) is 0 Å². The van der Waals surface area contributed by atoms with Crippen molar-refractivity contribution in [2.75, 3.05) is 22.5 Å². The maximum Gasteiger partial charge on any atom is 0.262 e. The predicted molar refractivity (Wildman–Crippen MR) is 119 cm³/mol. The molecular formula is C23H22F2N2O4S. The monoisotopic (exact) mass is 460 g/mol. The third-order valence-corrected chi connectivity index (χ3v) is 5.75. The van der Waals surface area contributed by atoms with Crippen LogP contribution in [0, 0.1) is 18.6 Å². The van der Waals surface area contributed by atoms with E-state index in [1.807, 2.05) is 0 Å². The van der Waals surface area contributed by atoms with Gasteiger partial charge in [0.1, 0.15) is 17.4 Å². The highest BCUT2D eigenvalue weighted by atomic mass is 32.2. The van der Waals surface area contributed by atoms with Crippen LogP contribution in [0.5, 0.6) is 5.75 Å². The van der Waals surface area contributed by atoms with Crippen LogP contribution in [-0.4, -0.2) is 27.2 Å². The Kier molecular flexibility index (Phi) is 7.09.